The van der Waals surface area contributed by atoms with Gasteiger partial charge in [-0.25, -0.2) is 4.79 Å². The molecule has 0 aliphatic heterocycles. The van der Waals surface area contributed by atoms with Crippen LogP contribution in [0.25, 0.3) is 44.1 Å². The van der Waals surface area contributed by atoms with Gasteiger partial charge in [0.2, 0.25) is 0 Å². The zero-order chi connectivity index (χ0) is 51.9. The Morgan fingerprint density at radius 2 is 0.986 bits per heavy atom. The van der Waals surface area contributed by atoms with E-state index in [9.17, 15) is 45.5 Å². The van der Waals surface area contributed by atoms with E-state index in [0.717, 1.165) is 29.8 Å². The van der Waals surface area contributed by atoms with Crippen LogP contribution in [-0.4, -0.2) is 45.9 Å². The van der Waals surface area contributed by atoms with Crippen molar-refractivity contribution in [2.75, 3.05) is 17.7 Å². The second kappa shape index (κ2) is 21.3. The van der Waals surface area contributed by atoms with Gasteiger partial charge in [0.1, 0.15) is 5.75 Å². The number of carbonyl (C=O) groups excluding carboxylic acids is 3. The fraction of sp³-hybridized carbons (Fsp3) is 0.0714. The molecule has 0 saturated heterocycles. The maximum atomic E-state index is 13.2. The topological polar surface area (TPSA) is 160 Å². The zero-order valence-corrected chi connectivity index (χ0v) is 38.2. The highest BCUT2D eigenvalue weighted by Gasteiger charge is 2.31. The van der Waals surface area contributed by atoms with E-state index in [4.69, 9.17) is 9.84 Å². The molecule has 0 aliphatic rings. The van der Waals surface area contributed by atoms with E-state index in [0.29, 0.717) is 84.4 Å². The van der Waals surface area contributed by atoms with Crippen LogP contribution < -0.4 is 20.7 Å². The highest BCUT2D eigenvalue weighted by molar-refractivity contribution is 6.10. The van der Waals surface area contributed by atoms with Crippen LogP contribution in [-0.2, 0) is 18.9 Å². The number of pyridine rings is 2. The first-order valence-corrected chi connectivity index (χ1v) is 22.0. The number of methoxy groups -OCH3 is 1. The molecule has 0 unspecified atom stereocenters. The van der Waals surface area contributed by atoms with Gasteiger partial charge in [0, 0.05) is 52.2 Å². The fourth-order valence-electron chi connectivity index (χ4n) is 7.65. The molecule has 0 atom stereocenters. The number of ether oxygens (including phenoxy) is 1. The number of carboxylic acid groups (broad SMARTS) is 1. The van der Waals surface area contributed by atoms with Gasteiger partial charge in [-0.3, -0.25) is 24.4 Å². The molecule has 4 N–H and O–H groups in total. The monoisotopic (exact) mass is 991 g/mol. The van der Waals surface area contributed by atoms with Crippen LogP contribution in [0, 0.1) is 0 Å². The van der Waals surface area contributed by atoms with Crippen molar-refractivity contribution >= 4 is 56.9 Å². The largest absolute Gasteiger partial charge is 0.497 e. The number of hydrogen-bond donors (Lipinski definition) is 4. The van der Waals surface area contributed by atoms with Crippen LogP contribution >= 0.6 is 0 Å². The van der Waals surface area contributed by atoms with Crippen molar-refractivity contribution in [3.8, 4) is 28.0 Å². The molecular formula is C56H39F6N5O6. The normalized spacial score (nSPS) is 11.3. The minimum absolute atomic E-state index is 0.0553. The lowest BCUT2D eigenvalue weighted by atomic mass is 9.98. The summed E-state index contributed by atoms with van der Waals surface area (Å²) in [6.07, 6.45) is -6.18. The lowest BCUT2D eigenvalue weighted by Gasteiger charge is -2.12. The van der Waals surface area contributed by atoms with Gasteiger partial charge in [0.05, 0.1) is 40.4 Å². The Hall–Kier alpha value is -9.38. The number of carboxylic acids is 1. The molecule has 73 heavy (non-hydrogen) atoms. The molecular weight excluding hydrogens is 953 g/mol. The Labute approximate surface area is 412 Å². The van der Waals surface area contributed by atoms with E-state index in [1.807, 2.05) is 24.3 Å². The summed E-state index contributed by atoms with van der Waals surface area (Å²) in [7, 11) is 1.58. The average molecular weight is 992 g/mol. The molecule has 0 aliphatic carbocycles. The molecule has 0 spiro atoms. The highest BCUT2D eigenvalue weighted by atomic mass is 19.4. The number of nitrogens with one attached hydrogen (secondary N) is 3. The number of aromatic nitrogens is 2. The van der Waals surface area contributed by atoms with E-state index in [2.05, 4.69) is 25.9 Å². The molecule has 17 heteroatoms. The average Bonchev–Trinajstić information content (AvgIpc) is 3.39. The number of nitrogens with zero attached hydrogens (tertiary/aromatic N) is 2. The first-order chi connectivity index (χ1) is 34.9. The molecule has 9 aromatic rings. The lowest BCUT2D eigenvalue weighted by Crippen LogP contribution is -2.22. The van der Waals surface area contributed by atoms with Crippen molar-refractivity contribution in [3.63, 3.8) is 0 Å². The molecule has 9 rings (SSSR count). The van der Waals surface area contributed by atoms with Crippen LogP contribution in [0.15, 0.2) is 182 Å². The summed E-state index contributed by atoms with van der Waals surface area (Å²) >= 11 is 0. The van der Waals surface area contributed by atoms with Gasteiger partial charge in [-0.2, -0.15) is 26.3 Å². The van der Waals surface area contributed by atoms with E-state index in [1.165, 1.54) is 42.7 Å². The van der Waals surface area contributed by atoms with Gasteiger partial charge in [-0.05, 0) is 113 Å². The minimum Gasteiger partial charge on any atom is -0.497 e. The van der Waals surface area contributed by atoms with Gasteiger partial charge < -0.3 is 25.8 Å². The van der Waals surface area contributed by atoms with Crippen molar-refractivity contribution in [2.24, 2.45) is 0 Å². The molecule has 3 amide bonds. The summed E-state index contributed by atoms with van der Waals surface area (Å²) in [4.78, 5) is 58.4. The number of alkyl halides is 6. The number of hydrogen-bond acceptors (Lipinski definition) is 7. The van der Waals surface area contributed by atoms with Crippen LogP contribution in [0.1, 0.15) is 58.1 Å². The molecule has 2 heterocycles. The van der Waals surface area contributed by atoms with Crippen molar-refractivity contribution < 1.29 is 55.4 Å². The van der Waals surface area contributed by atoms with Crippen LogP contribution in [0.3, 0.4) is 0 Å². The number of rotatable bonds is 11. The maximum absolute atomic E-state index is 13.2. The summed E-state index contributed by atoms with van der Waals surface area (Å²) in [5.41, 5.74) is 4.37. The molecule has 0 radical (unpaired) electrons. The Balaban J connectivity index is 0.000000201. The molecule has 0 saturated carbocycles. The number of amides is 3. The standard InChI is InChI=1S/C32H24F3N3O3.C24H15F3N2O3/c1-41-26-6-4-5-20(15-26)18-37-30(39)23-16-22-11-14-25(17-29(22)36-19-23)38-31(40)28-8-3-2-7-27(28)21-9-12-24(13-10-21)32(33,34)35;25-24(26,27)17-8-5-14(6-9-17)19-3-1-2-4-20(19)22(30)29-18-10-7-15-11-16(23(31)32)13-28-21(15)12-18/h2-17,19H,18H2,1H3,(H,37,39)(H,38,40);1-13H,(H,29,30)(H,31,32). The smallest absolute Gasteiger partial charge is 0.416 e. The van der Waals surface area contributed by atoms with E-state index in [-0.39, 0.29) is 11.5 Å². The fourth-order valence-corrected chi connectivity index (χ4v) is 7.65. The predicted molar refractivity (Wildman–Crippen MR) is 264 cm³/mol. The van der Waals surface area contributed by atoms with Crippen molar-refractivity contribution in [1.82, 2.24) is 15.3 Å². The summed E-state index contributed by atoms with van der Waals surface area (Å²) in [5.74, 6) is -1.53. The summed E-state index contributed by atoms with van der Waals surface area (Å²) in [5, 5.41) is 18.8. The Morgan fingerprint density at radius 1 is 0.521 bits per heavy atom. The van der Waals surface area contributed by atoms with E-state index < -0.39 is 41.3 Å². The van der Waals surface area contributed by atoms with Crippen LogP contribution in [0.2, 0.25) is 0 Å². The number of aromatic carboxylic acids is 1. The van der Waals surface area contributed by atoms with Gasteiger partial charge >= 0.3 is 18.3 Å². The Morgan fingerprint density at radius 3 is 1.45 bits per heavy atom. The van der Waals surface area contributed by atoms with Gasteiger partial charge in [-0.1, -0.05) is 84.9 Å². The van der Waals surface area contributed by atoms with Gasteiger partial charge in [-0.15, -0.1) is 0 Å². The number of carbonyl (C=O) groups is 4. The third kappa shape index (κ3) is 12.2. The van der Waals surface area contributed by atoms with Gasteiger partial charge in [0.25, 0.3) is 17.7 Å². The molecule has 11 nitrogen and oxygen atoms in total. The molecule has 366 valence electrons. The maximum Gasteiger partial charge on any atom is 0.416 e. The second-order valence-corrected chi connectivity index (χ2v) is 16.3. The lowest BCUT2D eigenvalue weighted by molar-refractivity contribution is -0.138. The highest BCUT2D eigenvalue weighted by Crippen LogP contribution is 2.34. The molecule has 7 aromatic carbocycles. The second-order valence-electron chi connectivity index (χ2n) is 16.3. The molecule has 0 fully saturated rings. The summed E-state index contributed by atoms with van der Waals surface area (Å²) < 4.78 is 82.7. The number of anilines is 2. The Kier molecular flexibility index (Phi) is 14.6. The predicted octanol–water partition coefficient (Wildman–Crippen LogP) is 13.0. The molecule has 0 bridgehead atoms. The van der Waals surface area contributed by atoms with Crippen molar-refractivity contribution in [1.29, 1.82) is 0 Å². The van der Waals surface area contributed by atoms with Crippen molar-refractivity contribution in [2.45, 2.75) is 18.9 Å². The first kappa shape index (κ1) is 50.0. The van der Waals surface area contributed by atoms with Crippen LogP contribution in [0.5, 0.6) is 5.75 Å². The minimum atomic E-state index is -4.44. The number of benzene rings is 7. The van der Waals surface area contributed by atoms with Crippen molar-refractivity contribution in [3.05, 3.63) is 221 Å². The third-order valence-corrected chi connectivity index (χ3v) is 11.4. The quantitative estimate of drug-likeness (QED) is 0.0932. The first-order valence-electron chi connectivity index (χ1n) is 22.0. The Bertz CT molecular complexity index is 3530. The van der Waals surface area contributed by atoms with E-state index in [1.54, 1.807) is 98.1 Å². The number of halogens is 6. The number of fused-ring (bicyclic) bond motifs is 2. The molecule has 2 aromatic heterocycles. The third-order valence-electron chi connectivity index (χ3n) is 11.4. The SMILES string of the molecule is COc1cccc(CNC(=O)c2cnc3cc(NC(=O)c4ccccc4-c4ccc(C(F)(F)F)cc4)ccc3c2)c1.O=C(O)c1cnc2cc(NC(=O)c3ccccc3-c3ccc(C(F)(F)F)cc3)ccc2c1. The zero-order valence-electron chi connectivity index (χ0n) is 38.2. The van der Waals surface area contributed by atoms with E-state index >= 15 is 0 Å². The van der Waals surface area contributed by atoms with Crippen LogP contribution in [0.4, 0.5) is 37.7 Å². The summed E-state index contributed by atoms with van der Waals surface area (Å²) in [6.45, 7) is 0.326. The summed E-state index contributed by atoms with van der Waals surface area (Å²) in [6, 6.07) is 43.2. The van der Waals surface area contributed by atoms with Gasteiger partial charge in [0.15, 0.2) is 0 Å².